The van der Waals surface area contributed by atoms with Gasteiger partial charge in [0, 0.05) is 11.1 Å². The number of carbonyl (C=O) groups is 1. The van der Waals surface area contributed by atoms with Gasteiger partial charge < -0.3 is 10.4 Å². The van der Waals surface area contributed by atoms with E-state index in [0.717, 1.165) is 18.4 Å². The van der Waals surface area contributed by atoms with Crippen LogP contribution in [0.4, 0.5) is 0 Å². The first kappa shape index (κ1) is 13.0. The lowest BCUT2D eigenvalue weighted by Gasteiger charge is -2.17. The Kier molecular flexibility index (Phi) is 5.29. The van der Waals surface area contributed by atoms with Gasteiger partial charge in [0.25, 0.3) is 0 Å². The van der Waals surface area contributed by atoms with Crippen molar-refractivity contribution in [3.05, 3.63) is 34.9 Å². The lowest BCUT2D eigenvalue weighted by atomic mass is 10.0. The van der Waals surface area contributed by atoms with E-state index in [2.05, 4.69) is 12.2 Å². The maximum absolute atomic E-state index is 10.5. The number of benzene rings is 1. The Morgan fingerprint density at radius 3 is 2.56 bits per heavy atom. The molecule has 0 spiro atoms. The molecule has 0 saturated heterocycles. The summed E-state index contributed by atoms with van der Waals surface area (Å²) in [5.41, 5.74) is 1.08. The number of aliphatic carboxylic acids is 1. The molecule has 1 aromatic carbocycles. The molecule has 4 heteroatoms. The summed E-state index contributed by atoms with van der Waals surface area (Å²) in [6.07, 6.45) is 1.91. The van der Waals surface area contributed by atoms with Crippen LogP contribution in [0.25, 0.3) is 0 Å². The first-order chi connectivity index (χ1) is 7.63. The van der Waals surface area contributed by atoms with Crippen molar-refractivity contribution in [1.82, 2.24) is 5.32 Å². The second-order valence-corrected chi connectivity index (χ2v) is 4.10. The van der Waals surface area contributed by atoms with Gasteiger partial charge in [-0.25, -0.2) is 0 Å². The molecule has 0 fully saturated rings. The van der Waals surface area contributed by atoms with Crippen molar-refractivity contribution in [2.24, 2.45) is 0 Å². The molecule has 16 heavy (non-hydrogen) atoms. The fourth-order valence-corrected chi connectivity index (χ4v) is 1.71. The van der Waals surface area contributed by atoms with Gasteiger partial charge in [-0.3, -0.25) is 4.79 Å². The molecular weight excluding hydrogens is 226 g/mol. The highest BCUT2D eigenvalue weighted by atomic mass is 35.5. The first-order valence-corrected chi connectivity index (χ1v) is 5.72. The van der Waals surface area contributed by atoms with Gasteiger partial charge >= 0.3 is 5.97 Å². The van der Waals surface area contributed by atoms with E-state index >= 15 is 0 Å². The molecule has 0 aliphatic heterocycles. The largest absolute Gasteiger partial charge is 0.480 e. The molecule has 1 aromatic rings. The van der Waals surface area contributed by atoms with Gasteiger partial charge in [-0.05, 0) is 24.1 Å². The Hall–Kier alpha value is -1.06. The third-order valence-corrected chi connectivity index (χ3v) is 2.60. The van der Waals surface area contributed by atoms with Crippen LogP contribution in [0.5, 0.6) is 0 Å². The number of rotatable bonds is 6. The minimum Gasteiger partial charge on any atom is -0.480 e. The average molecular weight is 242 g/mol. The maximum Gasteiger partial charge on any atom is 0.317 e. The summed E-state index contributed by atoms with van der Waals surface area (Å²) in [7, 11) is 0. The smallest absolute Gasteiger partial charge is 0.317 e. The zero-order valence-electron chi connectivity index (χ0n) is 9.24. The molecule has 0 aliphatic rings. The molecule has 0 amide bonds. The maximum atomic E-state index is 10.5. The summed E-state index contributed by atoms with van der Waals surface area (Å²) in [6.45, 7) is 2.05. The molecule has 0 bridgehead atoms. The first-order valence-electron chi connectivity index (χ1n) is 5.34. The highest BCUT2D eigenvalue weighted by molar-refractivity contribution is 6.30. The van der Waals surface area contributed by atoms with Crippen molar-refractivity contribution in [1.29, 1.82) is 0 Å². The number of nitrogens with one attached hydrogen (secondary N) is 1. The molecule has 0 aliphatic carbocycles. The molecular formula is C12H16ClNO2. The highest BCUT2D eigenvalue weighted by Gasteiger charge is 2.11. The molecule has 3 nitrogen and oxygen atoms in total. The number of carboxylic acid groups (broad SMARTS) is 1. The zero-order chi connectivity index (χ0) is 12.0. The van der Waals surface area contributed by atoms with Crippen LogP contribution < -0.4 is 5.32 Å². The van der Waals surface area contributed by atoms with Crippen molar-refractivity contribution in [3.8, 4) is 0 Å². The Morgan fingerprint density at radius 1 is 1.44 bits per heavy atom. The molecule has 0 saturated carbocycles. The minimum atomic E-state index is -0.838. The highest BCUT2D eigenvalue weighted by Crippen LogP contribution is 2.20. The summed E-state index contributed by atoms with van der Waals surface area (Å²) in [5, 5.41) is 12.3. The van der Waals surface area contributed by atoms with E-state index in [4.69, 9.17) is 16.7 Å². The molecule has 1 rings (SSSR count). The van der Waals surface area contributed by atoms with Crippen LogP contribution in [-0.4, -0.2) is 17.6 Å². The Morgan fingerprint density at radius 2 is 2.06 bits per heavy atom. The van der Waals surface area contributed by atoms with E-state index in [1.807, 2.05) is 24.3 Å². The van der Waals surface area contributed by atoms with Crippen molar-refractivity contribution >= 4 is 17.6 Å². The predicted molar refractivity (Wildman–Crippen MR) is 64.7 cm³/mol. The van der Waals surface area contributed by atoms with E-state index in [0.29, 0.717) is 5.02 Å². The lowest BCUT2D eigenvalue weighted by Crippen LogP contribution is -2.27. The summed E-state index contributed by atoms with van der Waals surface area (Å²) in [4.78, 5) is 10.5. The van der Waals surface area contributed by atoms with Crippen LogP contribution >= 0.6 is 11.6 Å². The number of carboxylic acids is 1. The third-order valence-electron chi connectivity index (χ3n) is 2.35. The molecule has 1 unspecified atom stereocenters. The normalized spacial score (nSPS) is 12.4. The Labute approximate surface area is 100 Å². The van der Waals surface area contributed by atoms with E-state index in [1.54, 1.807) is 0 Å². The van der Waals surface area contributed by atoms with Crippen molar-refractivity contribution in [2.75, 3.05) is 6.54 Å². The van der Waals surface area contributed by atoms with Crippen LogP contribution in [0.2, 0.25) is 5.02 Å². The number of hydrogen-bond donors (Lipinski definition) is 2. The number of hydrogen-bond acceptors (Lipinski definition) is 2. The second-order valence-electron chi connectivity index (χ2n) is 3.67. The molecule has 0 heterocycles. The Balaban J connectivity index is 2.68. The minimum absolute atomic E-state index is 0.0205. The summed E-state index contributed by atoms with van der Waals surface area (Å²) in [5.74, 6) is -0.838. The van der Waals surface area contributed by atoms with Gasteiger partial charge in [0.05, 0.1) is 6.54 Å². The van der Waals surface area contributed by atoms with Crippen LogP contribution in [0, 0.1) is 0 Å². The zero-order valence-corrected chi connectivity index (χ0v) is 10.00. The lowest BCUT2D eigenvalue weighted by molar-refractivity contribution is -0.136. The van der Waals surface area contributed by atoms with Crippen LogP contribution in [0.15, 0.2) is 24.3 Å². The fourth-order valence-electron chi connectivity index (χ4n) is 1.58. The molecule has 2 N–H and O–H groups in total. The summed E-state index contributed by atoms with van der Waals surface area (Å²) in [6, 6.07) is 7.58. The topological polar surface area (TPSA) is 49.3 Å². The predicted octanol–water partition coefficient (Wildman–Crippen LogP) is 2.86. The third kappa shape index (κ3) is 4.21. The van der Waals surface area contributed by atoms with Crippen LogP contribution in [-0.2, 0) is 4.79 Å². The molecule has 88 valence electrons. The van der Waals surface area contributed by atoms with E-state index < -0.39 is 5.97 Å². The standard InChI is InChI=1S/C12H16ClNO2/c1-2-3-11(14-8-12(15)16)9-4-6-10(13)7-5-9/h4-7,11,14H,2-3,8H2,1H3,(H,15,16). The van der Waals surface area contributed by atoms with E-state index in [-0.39, 0.29) is 12.6 Å². The second kappa shape index (κ2) is 6.51. The van der Waals surface area contributed by atoms with Crippen molar-refractivity contribution in [2.45, 2.75) is 25.8 Å². The van der Waals surface area contributed by atoms with Crippen molar-refractivity contribution in [3.63, 3.8) is 0 Å². The Bertz CT molecular complexity index is 337. The van der Waals surface area contributed by atoms with Gasteiger partial charge in [-0.2, -0.15) is 0 Å². The monoisotopic (exact) mass is 241 g/mol. The fraction of sp³-hybridized carbons (Fsp3) is 0.417. The van der Waals surface area contributed by atoms with Crippen LogP contribution in [0.3, 0.4) is 0 Å². The molecule has 0 aromatic heterocycles. The average Bonchev–Trinajstić information content (AvgIpc) is 2.25. The van der Waals surface area contributed by atoms with Gasteiger partial charge in [0.15, 0.2) is 0 Å². The van der Waals surface area contributed by atoms with Gasteiger partial charge in [-0.1, -0.05) is 37.1 Å². The van der Waals surface area contributed by atoms with Crippen molar-refractivity contribution < 1.29 is 9.90 Å². The SMILES string of the molecule is CCCC(NCC(=O)O)c1ccc(Cl)cc1. The van der Waals surface area contributed by atoms with E-state index in [1.165, 1.54) is 0 Å². The van der Waals surface area contributed by atoms with Gasteiger partial charge in [-0.15, -0.1) is 0 Å². The summed E-state index contributed by atoms with van der Waals surface area (Å²) < 4.78 is 0. The molecule has 0 radical (unpaired) electrons. The number of halogens is 1. The van der Waals surface area contributed by atoms with Gasteiger partial charge in [0.2, 0.25) is 0 Å². The van der Waals surface area contributed by atoms with Gasteiger partial charge in [0.1, 0.15) is 0 Å². The summed E-state index contributed by atoms with van der Waals surface area (Å²) >= 11 is 5.81. The quantitative estimate of drug-likeness (QED) is 0.805. The van der Waals surface area contributed by atoms with E-state index in [9.17, 15) is 4.79 Å². The van der Waals surface area contributed by atoms with Crippen LogP contribution in [0.1, 0.15) is 31.4 Å². The molecule has 1 atom stereocenters.